The summed E-state index contributed by atoms with van der Waals surface area (Å²) in [5.74, 6) is -0.570. The van der Waals surface area contributed by atoms with E-state index in [4.69, 9.17) is 4.74 Å². The minimum absolute atomic E-state index is 0.0949. The second kappa shape index (κ2) is 6.68. The summed E-state index contributed by atoms with van der Waals surface area (Å²) in [7, 11) is -1.48. The largest absolute Gasteiger partial charge is 0.444 e. The fourth-order valence-corrected chi connectivity index (χ4v) is 3.47. The van der Waals surface area contributed by atoms with E-state index >= 15 is 0 Å². The Labute approximate surface area is 131 Å². The molecule has 8 heteroatoms. The van der Waals surface area contributed by atoms with Gasteiger partial charge in [0.15, 0.2) is 5.82 Å². The molecule has 1 aliphatic rings. The molecule has 2 heterocycles. The van der Waals surface area contributed by atoms with Gasteiger partial charge in [0.2, 0.25) is 5.16 Å². The molecule has 2 atom stereocenters. The summed E-state index contributed by atoms with van der Waals surface area (Å²) in [6.07, 6.45) is 3.02. The topological polar surface area (TPSA) is 72.4 Å². The van der Waals surface area contributed by atoms with Gasteiger partial charge >= 0.3 is 6.09 Å². The van der Waals surface area contributed by atoms with E-state index in [1.165, 1.54) is 0 Å². The van der Waals surface area contributed by atoms with Crippen LogP contribution >= 0.6 is 0 Å². The van der Waals surface area contributed by atoms with Crippen LogP contribution in [0, 0.1) is 5.82 Å². The van der Waals surface area contributed by atoms with Crippen LogP contribution in [-0.4, -0.2) is 49.1 Å². The highest BCUT2D eigenvalue weighted by Crippen LogP contribution is 2.20. The second-order valence-corrected chi connectivity index (χ2v) is 7.80. The summed E-state index contributed by atoms with van der Waals surface area (Å²) in [6.45, 7) is 6.31. The van der Waals surface area contributed by atoms with Gasteiger partial charge in [-0.15, -0.1) is 0 Å². The number of carbonyl (C=O) groups is 1. The van der Waals surface area contributed by atoms with Crippen LogP contribution in [-0.2, 0) is 15.5 Å². The smallest absolute Gasteiger partial charge is 0.410 e. The molecule has 0 spiro atoms. The van der Waals surface area contributed by atoms with Gasteiger partial charge < -0.3 is 9.64 Å². The Bertz CT molecular complexity index is 559. The van der Waals surface area contributed by atoms with E-state index in [0.29, 0.717) is 19.5 Å². The number of carbonyl (C=O) groups excluding carboxylic acids is 1. The monoisotopic (exact) mass is 329 g/mol. The lowest BCUT2D eigenvalue weighted by molar-refractivity contribution is 0.0219. The van der Waals surface area contributed by atoms with Gasteiger partial charge in [0.05, 0.1) is 28.4 Å². The molecule has 0 saturated carbocycles. The normalized spacial score (nSPS) is 20.5. The number of likely N-dealkylation sites (tertiary alicyclic amines) is 1. The quantitative estimate of drug-likeness (QED) is 0.777. The van der Waals surface area contributed by atoms with Crippen LogP contribution in [0.3, 0.4) is 0 Å². The summed E-state index contributed by atoms with van der Waals surface area (Å²) < 4.78 is 30.6. The Morgan fingerprint density at radius 2 is 2.05 bits per heavy atom. The minimum atomic E-state index is -1.48. The van der Waals surface area contributed by atoms with Gasteiger partial charge in [-0.25, -0.2) is 19.2 Å². The third-order valence-corrected chi connectivity index (χ3v) is 4.67. The molecular formula is C14H20FN3O3S. The lowest BCUT2D eigenvalue weighted by Gasteiger charge is -2.33. The maximum absolute atomic E-state index is 12.8. The van der Waals surface area contributed by atoms with E-state index in [0.717, 1.165) is 18.8 Å². The first-order valence-electron chi connectivity index (χ1n) is 7.12. The van der Waals surface area contributed by atoms with Crippen LogP contribution in [0.25, 0.3) is 0 Å². The first-order valence-corrected chi connectivity index (χ1v) is 8.33. The molecule has 1 aromatic rings. The van der Waals surface area contributed by atoms with Crippen molar-refractivity contribution < 1.29 is 18.1 Å². The number of amides is 1. The standard InChI is InChI=1S/C14H20FN3O3S/c1-14(2,3)21-13(19)18-6-4-5-11(9-18)22(20)12-16-7-10(15)8-17-12/h7-8,11H,4-6,9H2,1-3H3/t11-,22+/m0/s1. The number of hydrogen-bond acceptors (Lipinski definition) is 5. The molecule has 22 heavy (non-hydrogen) atoms. The van der Waals surface area contributed by atoms with Crippen molar-refractivity contribution in [1.82, 2.24) is 14.9 Å². The molecule has 0 unspecified atom stereocenters. The van der Waals surface area contributed by atoms with Crippen LogP contribution < -0.4 is 0 Å². The summed E-state index contributed by atoms with van der Waals surface area (Å²) in [6, 6.07) is 0. The summed E-state index contributed by atoms with van der Waals surface area (Å²) in [5, 5.41) is -0.177. The molecular weight excluding hydrogens is 309 g/mol. The second-order valence-electron chi connectivity index (χ2n) is 6.17. The van der Waals surface area contributed by atoms with E-state index in [2.05, 4.69) is 9.97 Å². The van der Waals surface area contributed by atoms with Crippen LogP contribution in [0.1, 0.15) is 33.6 Å². The fourth-order valence-electron chi connectivity index (χ4n) is 2.16. The van der Waals surface area contributed by atoms with E-state index in [-0.39, 0.29) is 10.4 Å². The number of rotatable bonds is 2. The third kappa shape index (κ3) is 4.46. The predicted octanol–water partition coefficient (Wildman–Crippen LogP) is 2.12. The van der Waals surface area contributed by atoms with Crippen LogP contribution in [0.15, 0.2) is 17.6 Å². The maximum Gasteiger partial charge on any atom is 0.410 e. The molecule has 1 aliphatic heterocycles. The van der Waals surface area contributed by atoms with Crippen molar-refractivity contribution in [3.63, 3.8) is 0 Å². The first kappa shape index (κ1) is 16.8. The highest BCUT2D eigenvalue weighted by molar-refractivity contribution is 7.85. The van der Waals surface area contributed by atoms with E-state index in [1.807, 2.05) is 0 Å². The van der Waals surface area contributed by atoms with Crippen molar-refractivity contribution >= 4 is 16.9 Å². The lowest BCUT2D eigenvalue weighted by atomic mass is 10.1. The Hall–Kier alpha value is -1.57. The lowest BCUT2D eigenvalue weighted by Crippen LogP contribution is -2.46. The molecule has 6 nitrogen and oxygen atoms in total. The van der Waals surface area contributed by atoms with Crippen LogP contribution in [0.2, 0.25) is 0 Å². The first-order chi connectivity index (χ1) is 10.3. The van der Waals surface area contributed by atoms with Crippen LogP contribution in [0.4, 0.5) is 9.18 Å². The van der Waals surface area contributed by atoms with Gasteiger partial charge in [0, 0.05) is 13.1 Å². The number of hydrogen-bond donors (Lipinski definition) is 0. The third-order valence-electron chi connectivity index (χ3n) is 3.11. The molecule has 1 saturated heterocycles. The van der Waals surface area contributed by atoms with E-state index in [1.54, 1.807) is 25.7 Å². The van der Waals surface area contributed by atoms with Crippen molar-refractivity contribution in [1.29, 1.82) is 0 Å². The van der Waals surface area contributed by atoms with Crippen LogP contribution in [0.5, 0.6) is 0 Å². The average Bonchev–Trinajstić information content (AvgIpc) is 2.46. The molecule has 1 amide bonds. The molecule has 0 N–H and O–H groups in total. The van der Waals surface area contributed by atoms with Gasteiger partial charge in [0.25, 0.3) is 0 Å². The molecule has 122 valence electrons. The molecule has 0 radical (unpaired) electrons. The van der Waals surface area contributed by atoms with Crippen molar-refractivity contribution in [2.75, 3.05) is 13.1 Å². The molecule has 2 rings (SSSR count). The van der Waals surface area contributed by atoms with Crippen molar-refractivity contribution in [3.8, 4) is 0 Å². The van der Waals surface area contributed by atoms with Gasteiger partial charge in [-0.1, -0.05) is 0 Å². The average molecular weight is 329 g/mol. The van der Waals surface area contributed by atoms with Crippen molar-refractivity contribution in [2.45, 2.75) is 49.6 Å². The zero-order chi connectivity index (χ0) is 16.3. The highest BCUT2D eigenvalue weighted by atomic mass is 32.2. The zero-order valence-corrected chi connectivity index (χ0v) is 13.7. The SMILES string of the molecule is CC(C)(C)OC(=O)N1CCC[C@H]([S@@](=O)c2ncc(F)cn2)C1. The van der Waals surface area contributed by atoms with Gasteiger partial charge in [-0.2, -0.15) is 0 Å². The van der Waals surface area contributed by atoms with Gasteiger partial charge in [-0.3, -0.25) is 4.21 Å². The maximum atomic E-state index is 12.8. The molecule has 0 aromatic carbocycles. The molecule has 1 fully saturated rings. The minimum Gasteiger partial charge on any atom is -0.444 e. The number of nitrogens with zero attached hydrogens (tertiary/aromatic N) is 3. The van der Waals surface area contributed by atoms with Crippen molar-refractivity contribution in [3.05, 3.63) is 18.2 Å². The summed E-state index contributed by atoms with van der Waals surface area (Å²) in [5.41, 5.74) is -0.566. The van der Waals surface area contributed by atoms with E-state index < -0.39 is 28.3 Å². The Morgan fingerprint density at radius 1 is 1.41 bits per heavy atom. The number of piperidine rings is 1. The van der Waals surface area contributed by atoms with Gasteiger partial charge in [-0.05, 0) is 33.6 Å². The van der Waals surface area contributed by atoms with Crippen molar-refractivity contribution in [2.24, 2.45) is 0 Å². The predicted molar refractivity (Wildman–Crippen MR) is 79.2 cm³/mol. The highest BCUT2D eigenvalue weighted by Gasteiger charge is 2.31. The number of aromatic nitrogens is 2. The molecule has 1 aromatic heterocycles. The number of ether oxygens (including phenoxy) is 1. The summed E-state index contributed by atoms with van der Waals surface area (Å²) >= 11 is 0. The fraction of sp³-hybridized carbons (Fsp3) is 0.643. The Balaban J connectivity index is 2.02. The zero-order valence-electron chi connectivity index (χ0n) is 12.9. The summed E-state index contributed by atoms with van der Waals surface area (Å²) in [4.78, 5) is 21.2. The van der Waals surface area contributed by atoms with Gasteiger partial charge in [0.1, 0.15) is 5.60 Å². The number of halogens is 1. The van der Waals surface area contributed by atoms with E-state index in [9.17, 15) is 13.4 Å². The molecule has 0 bridgehead atoms. The Morgan fingerprint density at radius 3 is 2.64 bits per heavy atom. The Kier molecular flexibility index (Phi) is 5.10. The molecule has 0 aliphatic carbocycles.